The molecule has 43 heavy (non-hydrogen) atoms. The standard InChI is InChI=1S/C31H33Cl4N3O4S/c1-20-8-11-27(12-9-20)43(41,42)38(26-16-23(32)15-24(33)17-26)19-30(39)37(18-22-10-13-28(34)29(35)14-22)21(2)31(40)36-25-6-4-3-5-7-25/h8-17,21,25H,3-7,18-19H2,1-2H3,(H,36,40)/t21-/m1/s1. The van der Waals surface area contributed by atoms with Gasteiger partial charge in [-0.05, 0) is 74.7 Å². The van der Waals surface area contributed by atoms with Crippen molar-refractivity contribution >= 4 is 73.9 Å². The monoisotopic (exact) mass is 683 g/mol. The molecule has 0 heterocycles. The van der Waals surface area contributed by atoms with Crippen LogP contribution in [0.3, 0.4) is 0 Å². The van der Waals surface area contributed by atoms with Crippen LogP contribution in [-0.2, 0) is 26.2 Å². The van der Waals surface area contributed by atoms with E-state index in [9.17, 15) is 18.0 Å². The van der Waals surface area contributed by atoms with Crippen LogP contribution in [0.1, 0.15) is 50.2 Å². The summed E-state index contributed by atoms with van der Waals surface area (Å²) in [6.07, 6.45) is 4.93. The number of sulfonamides is 1. The van der Waals surface area contributed by atoms with Crippen molar-refractivity contribution in [2.75, 3.05) is 10.8 Å². The average molecular weight is 686 g/mol. The molecule has 3 aromatic rings. The minimum atomic E-state index is -4.26. The van der Waals surface area contributed by atoms with Crippen molar-refractivity contribution in [2.45, 2.75) is 69.5 Å². The van der Waals surface area contributed by atoms with Gasteiger partial charge in [-0.25, -0.2) is 8.42 Å². The molecule has 1 aliphatic rings. The molecular weight excluding hydrogens is 652 g/mol. The second-order valence-corrected chi connectivity index (χ2v) is 14.3. The summed E-state index contributed by atoms with van der Waals surface area (Å²) in [5, 5.41) is 4.12. The van der Waals surface area contributed by atoms with E-state index < -0.39 is 28.5 Å². The van der Waals surface area contributed by atoms with E-state index in [1.165, 1.54) is 35.2 Å². The molecule has 0 saturated heterocycles. The number of benzene rings is 3. The zero-order chi connectivity index (χ0) is 31.3. The number of aryl methyl sites for hydroxylation is 1. The third-order valence-electron chi connectivity index (χ3n) is 7.48. The number of carbonyl (C=O) groups excluding carboxylic acids is 2. The van der Waals surface area contributed by atoms with E-state index >= 15 is 0 Å². The zero-order valence-electron chi connectivity index (χ0n) is 23.8. The molecule has 4 rings (SSSR count). The molecule has 1 saturated carbocycles. The molecule has 0 spiro atoms. The van der Waals surface area contributed by atoms with E-state index in [-0.39, 0.29) is 39.1 Å². The second kappa shape index (κ2) is 14.5. The summed E-state index contributed by atoms with van der Waals surface area (Å²) in [5.74, 6) is -0.928. The predicted octanol–water partition coefficient (Wildman–Crippen LogP) is 7.67. The average Bonchev–Trinajstić information content (AvgIpc) is 2.96. The first-order chi connectivity index (χ1) is 20.3. The van der Waals surface area contributed by atoms with Crippen LogP contribution >= 0.6 is 46.4 Å². The van der Waals surface area contributed by atoms with Crippen LogP contribution in [0.15, 0.2) is 65.6 Å². The van der Waals surface area contributed by atoms with Crippen molar-refractivity contribution < 1.29 is 18.0 Å². The van der Waals surface area contributed by atoms with Crippen LogP contribution in [0, 0.1) is 6.92 Å². The van der Waals surface area contributed by atoms with Gasteiger partial charge < -0.3 is 10.2 Å². The molecule has 0 radical (unpaired) electrons. The Kier molecular flexibility index (Phi) is 11.3. The fourth-order valence-corrected chi connectivity index (χ4v) is 7.27. The van der Waals surface area contributed by atoms with Crippen LogP contribution < -0.4 is 9.62 Å². The molecule has 0 unspecified atom stereocenters. The Morgan fingerprint density at radius 1 is 0.884 bits per heavy atom. The lowest BCUT2D eigenvalue weighted by molar-refractivity contribution is -0.139. The normalized spacial score (nSPS) is 14.7. The van der Waals surface area contributed by atoms with Gasteiger partial charge in [0, 0.05) is 22.6 Å². The molecule has 12 heteroatoms. The van der Waals surface area contributed by atoms with Crippen LogP contribution in [0.2, 0.25) is 20.1 Å². The highest BCUT2D eigenvalue weighted by Crippen LogP contribution is 2.31. The van der Waals surface area contributed by atoms with Crippen molar-refractivity contribution in [2.24, 2.45) is 0 Å². The molecule has 7 nitrogen and oxygen atoms in total. The van der Waals surface area contributed by atoms with E-state index in [2.05, 4.69) is 5.32 Å². The summed E-state index contributed by atoms with van der Waals surface area (Å²) in [6.45, 7) is 2.84. The fourth-order valence-electron chi connectivity index (χ4n) is 5.04. The largest absolute Gasteiger partial charge is 0.352 e. The highest BCUT2D eigenvalue weighted by molar-refractivity contribution is 7.92. The van der Waals surface area contributed by atoms with E-state index in [1.54, 1.807) is 37.3 Å². The quantitative estimate of drug-likeness (QED) is 0.238. The summed E-state index contributed by atoms with van der Waals surface area (Å²) >= 11 is 24.9. The molecule has 0 bridgehead atoms. The Morgan fingerprint density at radius 2 is 1.51 bits per heavy atom. The molecule has 1 fully saturated rings. The fraction of sp³-hybridized carbons (Fsp3) is 0.355. The molecule has 230 valence electrons. The lowest BCUT2D eigenvalue weighted by Gasteiger charge is -2.33. The smallest absolute Gasteiger partial charge is 0.264 e. The van der Waals surface area contributed by atoms with Gasteiger partial charge in [-0.2, -0.15) is 0 Å². The first kappa shape index (κ1) is 33.4. The third-order valence-corrected chi connectivity index (χ3v) is 10.4. The molecule has 0 aromatic heterocycles. The Hall–Kier alpha value is -2.49. The SMILES string of the molecule is Cc1ccc(S(=O)(=O)N(CC(=O)N(Cc2ccc(Cl)c(Cl)c2)[C@H](C)C(=O)NC2CCCCC2)c2cc(Cl)cc(Cl)c2)cc1. The number of nitrogens with one attached hydrogen (secondary N) is 1. The van der Waals surface area contributed by atoms with Gasteiger partial charge in [-0.1, -0.05) is 89.4 Å². The molecular formula is C31H33Cl4N3O4S. The molecule has 2 amide bonds. The summed E-state index contributed by atoms with van der Waals surface area (Å²) in [4.78, 5) is 28.9. The van der Waals surface area contributed by atoms with Gasteiger partial charge in [0.05, 0.1) is 20.6 Å². The zero-order valence-corrected chi connectivity index (χ0v) is 27.7. The topological polar surface area (TPSA) is 86.8 Å². The predicted molar refractivity (Wildman–Crippen MR) is 174 cm³/mol. The van der Waals surface area contributed by atoms with Gasteiger partial charge in [-0.15, -0.1) is 0 Å². The maximum atomic E-state index is 14.1. The van der Waals surface area contributed by atoms with Gasteiger partial charge >= 0.3 is 0 Å². The van der Waals surface area contributed by atoms with Gasteiger partial charge in [-0.3, -0.25) is 13.9 Å². The van der Waals surface area contributed by atoms with E-state index in [1.807, 2.05) is 6.92 Å². The summed E-state index contributed by atoms with van der Waals surface area (Å²) in [5.41, 5.74) is 1.61. The van der Waals surface area contributed by atoms with Crippen molar-refractivity contribution in [3.63, 3.8) is 0 Å². The molecule has 3 aromatic carbocycles. The van der Waals surface area contributed by atoms with Crippen molar-refractivity contribution in [1.82, 2.24) is 10.2 Å². The third kappa shape index (κ3) is 8.58. The second-order valence-electron chi connectivity index (χ2n) is 10.7. The lowest BCUT2D eigenvalue weighted by Crippen LogP contribution is -2.53. The number of anilines is 1. The Balaban J connectivity index is 1.71. The number of hydrogen-bond donors (Lipinski definition) is 1. The molecule has 1 atom stereocenters. The number of nitrogens with zero attached hydrogens (tertiary/aromatic N) is 2. The van der Waals surface area contributed by atoms with Crippen molar-refractivity contribution in [3.8, 4) is 0 Å². The van der Waals surface area contributed by atoms with Gasteiger partial charge in [0.2, 0.25) is 11.8 Å². The van der Waals surface area contributed by atoms with Gasteiger partial charge in [0.25, 0.3) is 10.0 Å². The maximum absolute atomic E-state index is 14.1. The van der Waals surface area contributed by atoms with Crippen molar-refractivity contribution in [1.29, 1.82) is 0 Å². The number of halogens is 4. The Morgan fingerprint density at radius 3 is 2.12 bits per heavy atom. The first-order valence-corrected chi connectivity index (χ1v) is 16.9. The maximum Gasteiger partial charge on any atom is 0.264 e. The lowest BCUT2D eigenvalue weighted by atomic mass is 9.95. The number of hydrogen-bond acceptors (Lipinski definition) is 4. The van der Waals surface area contributed by atoms with Crippen molar-refractivity contribution in [3.05, 3.63) is 91.9 Å². The Labute approximate surface area is 273 Å². The number of amides is 2. The minimum absolute atomic E-state index is 0.0102. The summed E-state index contributed by atoms with van der Waals surface area (Å²) in [7, 11) is -4.26. The van der Waals surface area contributed by atoms with E-state index in [4.69, 9.17) is 46.4 Å². The minimum Gasteiger partial charge on any atom is -0.352 e. The van der Waals surface area contributed by atoms with Crippen LogP contribution in [0.4, 0.5) is 5.69 Å². The van der Waals surface area contributed by atoms with Crippen LogP contribution in [-0.4, -0.2) is 43.8 Å². The first-order valence-electron chi connectivity index (χ1n) is 13.9. The van der Waals surface area contributed by atoms with Crippen LogP contribution in [0.5, 0.6) is 0 Å². The highest BCUT2D eigenvalue weighted by atomic mass is 35.5. The van der Waals surface area contributed by atoms with Gasteiger partial charge in [0.15, 0.2) is 0 Å². The summed E-state index contributed by atoms with van der Waals surface area (Å²) in [6, 6.07) is 14.7. The molecule has 1 aliphatic carbocycles. The Bertz CT molecular complexity index is 1560. The molecule has 0 aliphatic heterocycles. The van der Waals surface area contributed by atoms with Gasteiger partial charge in [0.1, 0.15) is 12.6 Å². The van der Waals surface area contributed by atoms with Crippen LogP contribution in [0.25, 0.3) is 0 Å². The van der Waals surface area contributed by atoms with E-state index in [0.717, 1.165) is 42.0 Å². The number of carbonyl (C=O) groups is 2. The number of rotatable bonds is 10. The van der Waals surface area contributed by atoms with E-state index in [0.29, 0.717) is 15.6 Å². The highest BCUT2D eigenvalue weighted by Gasteiger charge is 2.33. The summed E-state index contributed by atoms with van der Waals surface area (Å²) < 4.78 is 28.9. The molecule has 1 N–H and O–H groups in total.